The number of nitrogens with zero attached hydrogens (tertiary/aromatic N) is 4. The number of pyridine rings is 2. The van der Waals surface area contributed by atoms with Gasteiger partial charge in [0.15, 0.2) is 11.6 Å². The number of carbonyl (C=O) groups excluding carboxylic acids is 2. The van der Waals surface area contributed by atoms with Gasteiger partial charge in [-0.05, 0) is 80.5 Å². The summed E-state index contributed by atoms with van der Waals surface area (Å²) in [5.74, 6) is -0.162. The molecule has 1 aliphatic carbocycles. The molecule has 3 amide bonds. The maximum atomic E-state index is 15.0. The van der Waals surface area contributed by atoms with Crippen LogP contribution < -0.4 is 25.6 Å². The van der Waals surface area contributed by atoms with Crippen LogP contribution in [0.3, 0.4) is 0 Å². The molecule has 0 bridgehead atoms. The number of anilines is 3. The topological polar surface area (TPSA) is 112 Å². The third kappa shape index (κ3) is 7.89. The van der Waals surface area contributed by atoms with E-state index in [-0.39, 0.29) is 23.7 Å². The fourth-order valence-electron chi connectivity index (χ4n) is 5.17. The van der Waals surface area contributed by atoms with Crippen LogP contribution in [0.4, 0.5) is 26.2 Å². The van der Waals surface area contributed by atoms with Crippen molar-refractivity contribution in [1.82, 2.24) is 25.5 Å². The number of hydrogen-bond donors (Lipinski definition) is 3. The van der Waals surface area contributed by atoms with Gasteiger partial charge in [-0.2, -0.15) is 0 Å². The number of ether oxygens (including phenoxy) is 1. The molecular formula is C36H38FN7O3S. The standard InChI is InChI=1S/C36H38FN7O3S/c1-4-44(5-2)19-18-39-35(45)23-6-11-26(12-7-23)43(3)27-13-14-29(40-22-27)33-21-30-34(48-33)32(16-17-38-30)47-31-15-10-25(20-28(31)37)42-36(46)41-24-8-9-24/h6-7,10-17,20-22,24H,4-5,8-9,18-19H2,1-3H3,(H,39,45)(H2,41,42,46). The summed E-state index contributed by atoms with van der Waals surface area (Å²) >= 11 is 1.46. The molecule has 0 aliphatic heterocycles. The lowest BCUT2D eigenvalue weighted by Gasteiger charge is -2.20. The molecule has 5 aromatic rings. The zero-order valence-electron chi connectivity index (χ0n) is 27.1. The second kappa shape index (κ2) is 14.8. The minimum Gasteiger partial charge on any atom is -0.453 e. The number of benzene rings is 2. The zero-order chi connectivity index (χ0) is 33.6. The van der Waals surface area contributed by atoms with Crippen LogP contribution in [-0.4, -0.2) is 66.1 Å². The Morgan fingerprint density at radius 2 is 1.73 bits per heavy atom. The Hall–Kier alpha value is -5.07. The summed E-state index contributed by atoms with van der Waals surface area (Å²) in [6.45, 7) is 7.58. The predicted octanol–water partition coefficient (Wildman–Crippen LogP) is 7.41. The average molecular weight is 668 g/mol. The summed E-state index contributed by atoms with van der Waals surface area (Å²) in [7, 11) is 1.95. The number of fused-ring (bicyclic) bond motifs is 1. The van der Waals surface area contributed by atoms with Gasteiger partial charge in [0.05, 0.1) is 32.7 Å². The van der Waals surface area contributed by atoms with Gasteiger partial charge in [0.1, 0.15) is 5.75 Å². The van der Waals surface area contributed by atoms with Crippen LogP contribution in [0.15, 0.2) is 79.1 Å². The summed E-state index contributed by atoms with van der Waals surface area (Å²) < 4.78 is 21.7. The van der Waals surface area contributed by atoms with Crippen LogP contribution in [0.2, 0.25) is 0 Å². The molecule has 248 valence electrons. The number of urea groups is 1. The van der Waals surface area contributed by atoms with Crippen molar-refractivity contribution in [3.63, 3.8) is 0 Å². The van der Waals surface area contributed by atoms with E-state index < -0.39 is 5.82 Å². The monoisotopic (exact) mass is 667 g/mol. The summed E-state index contributed by atoms with van der Waals surface area (Å²) in [4.78, 5) is 39.0. The highest BCUT2D eigenvalue weighted by Gasteiger charge is 2.23. The van der Waals surface area contributed by atoms with Crippen LogP contribution in [0.25, 0.3) is 20.8 Å². The minimum absolute atomic E-state index is 0.0417. The Balaban J connectivity index is 1.10. The van der Waals surface area contributed by atoms with E-state index >= 15 is 0 Å². The first-order valence-corrected chi connectivity index (χ1v) is 16.9. The number of rotatable bonds is 13. The number of amides is 3. The molecule has 0 unspecified atom stereocenters. The Morgan fingerprint density at radius 1 is 0.958 bits per heavy atom. The third-order valence-corrected chi connectivity index (χ3v) is 9.37. The third-order valence-electron chi connectivity index (χ3n) is 8.21. The van der Waals surface area contributed by atoms with Crippen molar-refractivity contribution >= 4 is 50.6 Å². The van der Waals surface area contributed by atoms with Crippen molar-refractivity contribution in [1.29, 1.82) is 0 Å². The molecule has 1 saturated carbocycles. The van der Waals surface area contributed by atoms with Crippen LogP contribution in [0, 0.1) is 5.82 Å². The Bertz CT molecular complexity index is 1890. The fraction of sp³-hybridized carbons (Fsp3) is 0.278. The van der Waals surface area contributed by atoms with E-state index in [1.807, 2.05) is 54.4 Å². The number of likely N-dealkylation sites (N-methyl/N-ethyl adjacent to an activating group) is 1. The molecule has 1 fully saturated rings. The lowest BCUT2D eigenvalue weighted by atomic mass is 10.1. The number of nitrogens with one attached hydrogen (secondary N) is 3. The second-order valence-corrected chi connectivity index (χ2v) is 12.6. The van der Waals surface area contributed by atoms with Crippen molar-refractivity contribution < 1.29 is 18.7 Å². The Labute approximate surface area is 283 Å². The molecule has 10 nitrogen and oxygen atoms in total. The van der Waals surface area contributed by atoms with Crippen molar-refractivity contribution in [3.05, 3.63) is 90.5 Å². The zero-order valence-corrected chi connectivity index (χ0v) is 27.9. The quantitative estimate of drug-likeness (QED) is 0.120. The van der Waals surface area contributed by atoms with E-state index in [0.29, 0.717) is 29.1 Å². The molecule has 1 aliphatic rings. The van der Waals surface area contributed by atoms with E-state index in [2.05, 4.69) is 39.7 Å². The molecule has 0 radical (unpaired) electrons. The van der Waals surface area contributed by atoms with Crippen molar-refractivity contribution in [2.75, 3.05) is 43.4 Å². The number of aromatic nitrogens is 2. The molecule has 0 spiro atoms. The second-order valence-electron chi connectivity index (χ2n) is 11.5. The maximum absolute atomic E-state index is 15.0. The summed E-state index contributed by atoms with van der Waals surface area (Å²) in [6.07, 6.45) is 5.36. The smallest absolute Gasteiger partial charge is 0.319 e. The van der Waals surface area contributed by atoms with E-state index in [9.17, 15) is 14.0 Å². The summed E-state index contributed by atoms with van der Waals surface area (Å²) in [5, 5.41) is 8.46. The van der Waals surface area contributed by atoms with Gasteiger partial charge >= 0.3 is 6.03 Å². The van der Waals surface area contributed by atoms with Gasteiger partial charge in [-0.1, -0.05) is 13.8 Å². The molecule has 48 heavy (non-hydrogen) atoms. The lowest BCUT2D eigenvalue weighted by Crippen LogP contribution is -2.34. The number of thiophene rings is 1. The van der Waals surface area contributed by atoms with Crippen molar-refractivity contribution in [2.24, 2.45) is 0 Å². The number of carbonyl (C=O) groups is 2. The lowest BCUT2D eigenvalue weighted by molar-refractivity contribution is 0.0949. The SMILES string of the molecule is CCN(CC)CCNC(=O)c1ccc(N(C)c2ccc(-c3cc4nccc(Oc5ccc(NC(=O)NC6CC6)cc5F)c4s3)nc2)cc1. The first-order valence-electron chi connectivity index (χ1n) is 16.1. The molecule has 6 rings (SSSR count). The Morgan fingerprint density at radius 3 is 2.42 bits per heavy atom. The van der Waals surface area contributed by atoms with Gasteiger partial charge in [-0.15, -0.1) is 11.3 Å². The van der Waals surface area contributed by atoms with Crippen LogP contribution in [-0.2, 0) is 0 Å². The highest BCUT2D eigenvalue weighted by molar-refractivity contribution is 7.22. The Kier molecular flexibility index (Phi) is 10.1. The predicted molar refractivity (Wildman–Crippen MR) is 189 cm³/mol. The molecule has 12 heteroatoms. The van der Waals surface area contributed by atoms with Crippen molar-refractivity contribution in [3.8, 4) is 22.1 Å². The number of halogens is 1. The fourth-order valence-corrected chi connectivity index (χ4v) is 6.21. The van der Waals surface area contributed by atoms with Crippen LogP contribution in [0.1, 0.15) is 37.0 Å². The highest BCUT2D eigenvalue weighted by atomic mass is 32.1. The maximum Gasteiger partial charge on any atom is 0.319 e. The normalized spacial score (nSPS) is 12.6. The summed E-state index contributed by atoms with van der Waals surface area (Å²) in [6, 6.07) is 19.3. The van der Waals surface area contributed by atoms with Gasteiger partial charge in [-0.3, -0.25) is 14.8 Å². The molecule has 0 saturated heterocycles. The number of hydrogen-bond acceptors (Lipinski definition) is 8. The molecule has 3 N–H and O–H groups in total. The van der Waals surface area contributed by atoms with E-state index in [1.165, 1.54) is 23.5 Å². The first kappa shape index (κ1) is 32.9. The minimum atomic E-state index is -0.592. The highest BCUT2D eigenvalue weighted by Crippen LogP contribution is 2.39. The average Bonchev–Trinajstić information content (AvgIpc) is 3.80. The van der Waals surface area contributed by atoms with E-state index in [4.69, 9.17) is 9.72 Å². The van der Waals surface area contributed by atoms with Crippen LogP contribution >= 0.6 is 11.3 Å². The molecular weight excluding hydrogens is 630 g/mol. The van der Waals surface area contributed by atoms with Gasteiger partial charge < -0.3 is 30.5 Å². The van der Waals surface area contributed by atoms with Gasteiger partial charge in [-0.25, -0.2) is 9.18 Å². The largest absolute Gasteiger partial charge is 0.453 e. The van der Waals surface area contributed by atoms with E-state index in [0.717, 1.165) is 59.1 Å². The van der Waals surface area contributed by atoms with Gasteiger partial charge in [0, 0.05) is 61.4 Å². The van der Waals surface area contributed by atoms with Crippen molar-refractivity contribution in [2.45, 2.75) is 32.7 Å². The molecule has 0 atom stereocenters. The molecule has 2 aromatic carbocycles. The van der Waals surface area contributed by atoms with Gasteiger partial charge in [0.2, 0.25) is 0 Å². The van der Waals surface area contributed by atoms with E-state index in [1.54, 1.807) is 24.5 Å². The van der Waals surface area contributed by atoms with Crippen LogP contribution in [0.5, 0.6) is 11.5 Å². The molecule has 3 heterocycles. The van der Waals surface area contributed by atoms with Gasteiger partial charge in [0.25, 0.3) is 5.91 Å². The summed E-state index contributed by atoms with van der Waals surface area (Å²) in [5.41, 5.74) is 4.25. The molecule has 3 aromatic heterocycles. The first-order chi connectivity index (χ1) is 23.3.